The van der Waals surface area contributed by atoms with Gasteiger partial charge in [0, 0.05) is 48.5 Å². The van der Waals surface area contributed by atoms with E-state index in [1.807, 2.05) is 18.2 Å². The van der Waals surface area contributed by atoms with Crippen LogP contribution in [0, 0.1) is 0 Å². The highest BCUT2D eigenvalue weighted by molar-refractivity contribution is 6.18. The first-order valence-electron chi connectivity index (χ1n) is 28.6. The van der Waals surface area contributed by atoms with Crippen molar-refractivity contribution >= 4 is 131 Å². The third kappa shape index (κ3) is 6.39. The molecule has 390 valence electrons. The molecule has 6 heterocycles. The molecular weight excluding hydrogens is 1030 g/mol. The lowest BCUT2D eigenvalue weighted by atomic mass is 9.92. The van der Waals surface area contributed by atoms with Crippen molar-refractivity contribution in [1.29, 1.82) is 0 Å². The zero-order valence-corrected chi connectivity index (χ0v) is 45.0. The number of hydrogen-bond acceptors (Lipinski definition) is 3. The van der Waals surface area contributed by atoms with Crippen molar-refractivity contribution in [3.05, 3.63) is 273 Å². The lowest BCUT2D eigenvalue weighted by molar-refractivity contribution is 0.668. The van der Waals surface area contributed by atoms with Gasteiger partial charge in [-0.25, -0.2) is 0 Å². The van der Waals surface area contributed by atoms with E-state index in [1.165, 1.54) is 32.3 Å². The van der Waals surface area contributed by atoms with E-state index in [9.17, 15) is 0 Å². The molecule has 19 rings (SSSR count). The van der Waals surface area contributed by atoms with E-state index in [-0.39, 0.29) is 0 Å². The zero-order valence-electron chi connectivity index (χ0n) is 45.0. The fourth-order valence-corrected chi connectivity index (χ4v) is 14.2. The predicted molar refractivity (Wildman–Crippen MR) is 348 cm³/mol. The number of hydrogen-bond donors (Lipinski definition) is 0. The van der Waals surface area contributed by atoms with E-state index in [4.69, 9.17) is 13.3 Å². The summed E-state index contributed by atoms with van der Waals surface area (Å²) in [6, 6.07) is 98.9. The molecular formula is C78H45N3O3. The maximum Gasteiger partial charge on any atom is 0.137 e. The SMILES string of the molecule is c1ccc2c(c1)oc1cccc(-n3c4ccccc4c4cc(-c5cc(-c6ccc7c(c6)c6ccccc6n7-c6cccc7oc8ccccc8c67)cc(-c6ccc7c(c6)c6ccccc6n7-c6cccc7oc8ccccc8c67)c5)ccc43)c12. The van der Waals surface area contributed by atoms with E-state index in [0.29, 0.717) is 0 Å². The average molecular weight is 1070 g/mol. The Bertz CT molecular complexity index is 5420. The highest BCUT2D eigenvalue weighted by atomic mass is 16.3. The van der Waals surface area contributed by atoms with Crippen molar-refractivity contribution < 1.29 is 13.3 Å². The highest BCUT2D eigenvalue weighted by Gasteiger charge is 2.23. The third-order valence-corrected chi connectivity index (χ3v) is 17.8. The van der Waals surface area contributed by atoms with Gasteiger partial charge in [0.1, 0.15) is 33.5 Å². The summed E-state index contributed by atoms with van der Waals surface area (Å²) >= 11 is 0. The minimum Gasteiger partial charge on any atom is -0.456 e. The van der Waals surface area contributed by atoms with Crippen molar-refractivity contribution in [1.82, 2.24) is 13.7 Å². The molecule has 0 bridgehead atoms. The minimum absolute atomic E-state index is 0.874. The highest BCUT2D eigenvalue weighted by Crippen LogP contribution is 2.46. The van der Waals surface area contributed by atoms with Crippen LogP contribution in [-0.4, -0.2) is 13.7 Å². The smallest absolute Gasteiger partial charge is 0.137 e. The first-order valence-corrected chi connectivity index (χ1v) is 28.6. The maximum atomic E-state index is 6.45. The van der Waals surface area contributed by atoms with Crippen molar-refractivity contribution in [3.63, 3.8) is 0 Å². The monoisotopic (exact) mass is 1070 g/mol. The molecule has 0 saturated carbocycles. The Morgan fingerprint density at radius 1 is 0.179 bits per heavy atom. The third-order valence-electron chi connectivity index (χ3n) is 17.8. The Labute approximate surface area is 479 Å². The van der Waals surface area contributed by atoms with Gasteiger partial charge < -0.3 is 27.0 Å². The van der Waals surface area contributed by atoms with Gasteiger partial charge in [-0.1, -0.05) is 146 Å². The number of para-hydroxylation sites is 6. The fourth-order valence-electron chi connectivity index (χ4n) is 14.2. The van der Waals surface area contributed by atoms with E-state index >= 15 is 0 Å². The Kier molecular flexibility index (Phi) is 9.24. The Morgan fingerprint density at radius 3 is 0.762 bits per heavy atom. The molecule has 0 radical (unpaired) electrons. The second-order valence-electron chi connectivity index (χ2n) is 22.3. The number of furan rings is 3. The number of aromatic nitrogens is 3. The summed E-state index contributed by atoms with van der Waals surface area (Å²) in [6.07, 6.45) is 0. The predicted octanol–water partition coefficient (Wildman–Crippen LogP) is 21.7. The molecule has 6 nitrogen and oxygen atoms in total. The molecule has 13 aromatic carbocycles. The van der Waals surface area contributed by atoms with Gasteiger partial charge in [0.2, 0.25) is 0 Å². The van der Waals surface area contributed by atoms with Gasteiger partial charge in [-0.05, 0) is 161 Å². The lowest BCUT2D eigenvalue weighted by Gasteiger charge is -2.14. The fraction of sp³-hybridized carbons (Fsp3) is 0. The van der Waals surface area contributed by atoms with E-state index in [1.54, 1.807) is 0 Å². The number of benzene rings is 13. The topological polar surface area (TPSA) is 54.2 Å². The van der Waals surface area contributed by atoms with Crippen LogP contribution in [0.1, 0.15) is 0 Å². The summed E-state index contributed by atoms with van der Waals surface area (Å²) < 4.78 is 26.6. The van der Waals surface area contributed by atoms with Crippen LogP contribution >= 0.6 is 0 Å². The molecule has 0 N–H and O–H groups in total. The largest absolute Gasteiger partial charge is 0.456 e. The van der Waals surface area contributed by atoms with Crippen LogP contribution < -0.4 is 0 Å². The zero-order chi connectivity index (χ0) is 54.7. The summed E-state index contributed by atoms with van der Waals surface area (Å²) in [5, 5.41) is 13.8. The van der Waals surface area contributed by atoms with Gasteiger partial charge in [-0.2, -0.15) is 0 Å². The quantitative estimate of drug-likeness (QED) is 0.167. The first kappa shape index (κ1) is 45.4. The van der Waals surface area contributed by atoms with Crippen LogP contribution in [0.2, 0.25) is 0 Å². The lowest BCUT2D eigenvalue weighted by Crippen LogP contribution is -1.95. The van der Waals surface area contributed by atoms with Crippen LogP contribution in [-0.2, 0) is 0 Å². The van der Waals surface area contributed by atoms with Crippen LogP contribution in [0.3, 0.4) is 0 Å². The maximum absolute atomic E-state index is 6.45. The molecule has 0 aliphatic rings. The van der Waals surface area contributed by atoms with Crippen LogP contribution in [0.5, 0.6) is 0 Å². The summed E-state index contributed by atoms with van der Waals surface area (Å²) in [5.74, 6) is 0. The van der Waals surface area contributed by atoms with Gasteiger partial charge in [-0.3, -0.25) is 0 Å². The van der Waals surface area contributed by atoms with Crippen molar-refractivity contribution in [2.75, 3.05) is 0 Å². The van der Waals surface area contributed by atoms with Crippen molar-refractivity contribution in [3.8, 4) is 50.4 Å². The minimum atomic E-state index is 0.874. The van der Waals surface area contributed by atoms with E-state index in [2.05, 4.69) is 268 Å². The van der Waals surface area contributed by atoms with Gasteiger partial charge in [0.15, 0.2) is 0 Å². The summed E-state index contributed by atoms with van der Waals surface area (Å²) in [4.78, 5) is 0. The van der Waals surface area contributed by atoms with Gasteiger partial charge in [0.25, 0.3) is 0 Å². The van der Waals surface area contributed by atoms with Crippen molar-refractivity contribution in [2.45, 2.75) is 0 Å². The Morgan fingerprint density at radius 2 is 0.440 bits per heavy atom. The molecule has 0 saturated heterocycles. The van der Waals surface area contributed by atoms with E-state index in [0.717, 1.165) is 149 Å². The molecule has 0 atom stereocenters. The molecule has 0 aliphatic carbocycles. The molecule has 0 aliphatic heterocycles. The number of nitrogens with zero attached hydrogens (tertiary/aromatic N) is 3. The molecule has 0 unspecified atom stereocenters. The Balaban J connectivity index is 0.834. The summed E-state index contributed by atoms with van der Waals surface area (Å²) in [5.41, 5.74) is 22.2. The number of fused-ring (bicyclic) bond motifs is 18. The van der Waals surface area contributed by atoms with Gasteiger partial charge in [0.05, 0.1) is 66.3 Å². The molecule has 19 aromatic rings. The first-order chi connectivity index (χ1) is 41.6. The molecule has 0 amide bonds. The summed E-state index contributed by atoms with van der Waals surface area (Å²) in [6.45, 7) is 0. The molecule has 0 spiro atoms. The number of rotatable bonds is 6. The second kappa shape index (κ2) is 17.1. The molecule has 84 heavy (non-hydrogen) atoms. The van der Waals surface area contributed by atoms with Crippen molar-refractivity contribution in [2.24, 2.45) is 0 Å². The summed E-state index contributed by atoms with van der Waals surface area (Å²) in [7, 11) is 0. The molecule has 6 aromatic heterocycles. The van der Waals surface area contributed by atoms with Crippen LogP contribution in [0.25, 0.3) is 182 Å². The molecule has 0 fully saturated rings. The second-order valence-corrected chi connectivity index (χ2v) is 22.3. The van der Waals surface area contributed by atoms with E-state index < -0.39 is 0 Å². The van der Waals surface area contributed by atoms with Crippen LogP contribution in [0.4, 0.5) is 0 Å². The Hall–Kier alpha value is -11.3. The van der Waals surface area contributed by atoms with Gasteiger partial charge in [-0.15, -0.1) is 0 Å². The van der Waals surface area contributed by atoms with Crippen LogP contribution in [0.15, 0.2) is 286 Å². The molecule has 6 heteroatoms. The standard InChI is InChI=1S/C78H45N3O3/c1-7-22-61-52(16-1)58-43-46(34-37-64(58)79(61)67-25-13-31-73-76(67)55-19-4-10-28-70(55)82-73)49-40-50(47-35-38-65-59(44-47)53-17-2-8-23-62(53)80(65)68-26-14-32-74-77(68)56-20-5-11-29-71(56)83-74)42-51(41-49)48-36-39-66-60(45-48)54-18-3-9-24-63(54)81(66)69-27-15-33-75-78(69)57-21-6-12-30-72(57)84-75/h1-45H. The van der Waals surface area contributed by atoms with Gasteiger partial charge >= 0.3 is 0 Å². The average Bonchev–Trinajstić information content (AvgIpc) is 2.44. The normalized spacial score (nSPS) is 12.3.